The van der Waals surface area contributed by atoms with Crippen molar-refractivity contribution < 1.29 is 4.79 Å². The Morgan fingerprint density at radius 1 is 1.64 bits per heavy atom. The van der Waals surface area contributed by atoms with Crippen LogP contribution in [0.4, 0.5) is 0 Å². The largest absolute Gasteiger partial charge is 0.350 e. The van der Waals surface area contributed by atoms with Gasteiger partial charge in [0.1, 0.15) is 0 Å². The Morgan fingerprint density at radius 3 is 3.14 bits per heavy atom. The SMILES string of the molecule is CCCCC(=O)NCC1=NCCC=C1. The van der Waals surface area contributed by atoms with Crippen LogP contribution in [0.2, 0.25) is 0 Å². The number of dihydropyridines is 1. The molecule has 0 fully saturated rings. The molecule has 14 heavy (non-hydrogen) atoms. The number of carbonyl (C=O) groups excluding carboxylic acids is 1. The van der Waals surface area contributed by atoms with Crippen molar-refractivity contribution in [2.24, 2.45) is 4.99 Å². The molecule has 0 spiro atoms. The lowest BCUT2D eigenvalue weighted by molar-refractivity contribution is -0.120. The molecule has 0 saturated heterocycles. The fourth-order valence-electron chi connectivity index (χ4n) is 1.28. The van der Waals surface area contributed by atoms with E-state index in [-0.39, 0.29) is 5.91 Å². The van der Waals surface area contributed by atoms with E-state index in [2.05, 4.69) is 23.3 Å². The molecule has 0 atom stereocenters. The highest BCUT2D eigenvalue weighted by Crippen LogP contribution is 1.96. The smallest absolute Gasteiger partial charge is 0.220 e. The fourth-order valence-corrected chi connectivity index (χ4v) is 1.28. The van der Waals surface area contributed by atoms with E-state index in [1.807, 2.05) is 6.08 Å². The quantitative estimate of drug-likeness (QED) is 0.711. The van der Waals surface area contributed by atoms with Gasteiger partial charge < -0.3 is 5.32 Å². The molecular weight excluding hydrogens is 176 g/mol. The van der Waals surface area contributed by atoms with E-state index in [4.69, 9.17) is 0 Å². The second kappa shape index (κ2) is 6.35. The van der Waals surface area contributed by atoms with Crippen molar-refractivity contribution in [2.45, 2.75) is 32.6 Å². The Balaban J connectivity index is 2.16. The lowest BCUT2D eigenvalue weighted by atomic mass is 10.2. The topological polar surface area (TPSA) is 41.5 Å². The van der Waals surface area contributed by atoms with Crippen molar-refractivity contribution in [3.8, 4) is 0 Å². The number of carbonyl (C=O) groups is 1. The predicted octanol–water partition coefficient (Wildman–Crippen LogP) is 1.69. The highest BCUT2D eigenvalue weighted by molar-refractivity contribution is 5.98. The summed E-state index contributed by atoms with van der Waals surface area (Å²) < 4.78 is 0. The summed E-state index contributed by atoms with van der Waals surface area (Å²) >= 11 is 0. The van der Waals surface area contributed by atoms with Crippen molar-refractivity contribution in [2.75, 3.05) is 13.1 Å². The first-order valence-electron chi connectivity index (χ1n) is 5.29. The minimum absolute atomic E-state index is 0.133. The number of unbranched alkanes of at least 4 members (excludes halogenated alkanes) is 1. The number of amides is 1. The van der Waals surface area contributed by atoms with Gasteiger partial charge in [0.2, 0.25) is 5.91 Å². The maximum Gasteiger partial charge on any atom is 0.220 e. The first-order valence-corrected chi connectivity index (χ1v) is 5.29. The molecular formula is C11H18N2O. The first kappa shape index (κ1) is 11.0. The average Bonchev–Trinajstić information content (AvgIpc) is 2.25. The summed E-state index contributed by atoms with van der Waals surface area (Å²) in [4.78, 5) is 15.6. The normalized spacial score (nSPS) is 15.1. The Bertz CT molecular complexity index is 244. The van der Waals surface area contributed by atoms with Crippen LogP contribution in [0.1, 0.15) is 32.6 Å². The minimum atomic E-state index is 0.133. The van der Waals surface area contributed by atoms with Crippen LogP contribution in [-0.4, -0.2) is 24.7 Å². The Hall–Kier alpha value is -1.12. The minimum Gasteiger partial charge on any atom is -0.350 e. The van der Waals surface area contributed by atoms with Crippen LogP contribution in [0.3, 0.4) is 0 Å². The van der Waals surface area contributed by atoms with Crippen LogP contribution < -0.4 is 5.32 Å². The molecule has 0 aromatic heterocycles. The molecule has 1 amide bonds. The fraction of sp³-hybridized carbons (Fsp3) is 0.636. The molecule has 3 nitrogen and oxygen atoms in total. The van der Waals surface area contributed by atoms with Gasteiger partial charge in [-0.05, 0) is 18.9 Å². The zero-order valence-electron chi connectivity index (χ0n) is 8.75. The van der Waals surface area contributed by atoms with Crippen molar-refractivity contribution >= 4 is 11.6 Å². The molecule has 1 rings (SSSR count). The predicted molar refractivity (Wildman–Crippen MR) is 58.6 cm³/mol. The van der Waals surface area contributed by atoms with E-state index in [1.54, 1.807) is 0 Å². The van der Waals surface area contributed by atoms with Crippen molar-refractivity contribution in [1.82, 2.24) is 5.32 Å². The molecule has 1 N–H and O–H groups in total. The van der Waals surface area contributed by atoms with Gasteiger partial charge in [0, 0.05) is 13.0 Å². The molecule has 0 aliphatic carbocycles. The summed E-state index contributed by atoms with van der Waals surface area (Å²) in [5.74, 6) is 0.133. The molecule has 1 aliphatic heterocycles. The molecule has 0 saturated carbocycles. The molecule has 0 aromatic carbocycles. The van der Waals surface area contributed by atoms with Gasteiger partial charge >= 0.3 is 0 Å². The molecule has 1 heterocycles. The maximum atomic E-state index is 11.3. The van der Waals surface area contributed by atoms with E-state index in [0.717, 1.165) is 31.5 Å². The summed E-state index contributed by atoms with van der Waals surface area (Å²) in [5, 5.41) is 2.87. The second-order valence-electron chi connectivity index (χ2n) is 3.44. The molecule has 0 unspecified atom stereocenters. The number of hydrogen-bond acceptors (Lipinski definition) is 2. The molecule has 1 aliphatic rings. The van der Waals surface area contributed by atoms with E-state index < -0.39 is 0 Å². The van der Waals surface area contributed by atoms with Gasteiger partial charge in [-0.2, -0.15) is 0 Å². The van der Waals surface area contributed by atoms with E-state index in [1.165, 1.54) is 0 Å². The van der Waals surface area contributed by atoms with Gasteiger partial charge in [0.25, 0.3) is 0 Å². The van der Waals surface area contributed by atoms with Gasteiger partial charge in [-0.1, -0.05) is 19.4 Å². The lowest BCUT2D eigenvalue weighted by Crippen LogP contribution is -2.29. The summed E-state index contributed by atoms with van der Waals surface area (Å²) in [6.45, 7) is 3.52. The van der Waals surface area contributed by atoms with Crippen LogP contribution in [0.5, 0.6) is 0 Å². The maximum absolute atomic E-state index is 11.3. The first-order chi connectivity index (χ1) is 6.83. The third-order valence-electron chi connectivity index (χ3n) is 2.14. The van der Waals surface area contributed by atoms with Crippen molar-refractivity contribution in [3.63, 3.8) is 0 Å². The van der Waals surface area contributed by atoms with Gasteiger partial charge in [-0.3, -0.25) is 9.79 Å². The molecule has 3 heteroatoms. The monoisotopic (exact) mass is 194 g/mol. The number of nitrogens with one attached hydrogen (secondary N) is 1. The second-order valence-corrected chi connectivity index (χ2v) is 3.44. The molecule has 0 radical (unpaired) electrons. The standard InChI is InChI=1S/C11H18N2O/c1-2-3-7-11(14)13-9-10-6-4-5-8-12-10/h4,6H,2-3,5,7-9H2,1H3,(H,13,14). The third-order valence-corrected chi connectivity index (χ3v) is 2.14. The summed E-state index contributed by atoms with van der Waals surface area (Å²) in [7, 11) is 0. The highest BCUT2D eigenvalue weighted by atomic mass is 16.1. The van der Waals surface area contributed by atoms with E-state index in [0.29, 0.717) is 13.0 Å². The Morgan fingerprint density at radius 2 is 2.50 bits per heavy atom. The number of rotatable bonds is 5. The highest BCUT2D eigenvalue weighted by Gasteiger charge is 2.02. The van der Waals surface area contributed by atoms with Crippen LogP contribution in [-0.2, 0) is 4.79 Å². The van der Waals surface area contributed by atoms with Crippen molar-refractivity contribution in [1.29, 1.82) is 0 Å². The van der Waals surface area contributed by atoms with Crippen LogP contribution in [0, 0.1) is 0 Å². The van der Waals surface area contributed by atoms with Crippen LogP contribution in [0.25, 0.3) is 0 Å². The molecule has 0 aromatic rings. The zero-order valence-corrected chi connectivity index (χ0v) is 8.75. The summed E-state index contributed by atoms with van der Waals surface area (Å²) in [6.07, 6.45) is 7.77. The number of nitrogens with zero attached hydrogens (tertiary/aromatic N) is 1. The zero-order chi connectivity index (χ0) is 10.2. The third kappa shape index (κ3) is 4.21. The molecule has 78 valence electrons. The van der Waals surface area contributed by atoms with E-state index >= 15 is 0 Å². The van der Waals surface area contributed by atoms with Gasteiger partial charge in [-0.15, -0.1) is 0 Å². The summed E-state index contributed by atoms with van der Waals surface area (Å²) in [6, 6.07) is 0. The number of hydrogen-bond donors (Lipinski definition) is 1. The van der Waals surface area contributed by atoms with Crippen LogP contribution in [0.15, 0.2) is 17.1 Å². The van der Waals surface area contributed by atoms with E-state index in [9.17, 15) is 4.79 Å². The Kier molecular flexibility index (Phi) is 4.97. The van der Waals surface area contributed by atoms with Gasteiger partial charge in [0.15, 0.2) is 0 Å². The molecule has 0 bridgehead atoms. The summed E-state index contributed by atoms with van der Waals surface area (Å²) in [5.41, 5.74) is 0.987. The van der Waals surface area contributed by atoms with Gasteiger partial charge in [0.05, 0.1) is 12.3 Å². The van der Waals surface area contributed by atoms with Gasteiger partial charge in [-0.25, -0.2) is 0 Å². The lowest BCUT2D eigenvalue weighted by Gasteiger charge is -2.07. The average molecular weight is 194 g/mol. The number of aliphatic imine (C=N–C) groups is 1. The Labute approximate surface area is 85.3 Å². The van der Waals surface area contributed by atoms with Crippen LogP contribution >= 0.6 is 0 Å². The van der Waals surface area contributed by atoms with Crippen molar-refractivity contribution in [3.05, 3.63) is 12.2 Å².